The number of sulfonamides is 1. The van der Waals surface area contributed by atoms with Crippen LogP contribution in [-0.4, -0.2) is 49.0 Å². The van der Waals surface area contributed by atoms with Crippen molar-refractivity contribution in [1.82, 2.24) is 4.72 Å². The van der Waals surface area contributed by atoms with Crippen LogP contribution >= 0.6 is 0 Å². The van der Waals surface area contributed by atoms with E-state index < -0.39 is 21.2 Å². The first-order valence-electron chi connectivity index (χ1n) is 8.22. The monoisotopic (exact) mass is 369 g/mol. The quantitative estimate of drug-likeness (QED) is 0.568. The summed E-state index contributed by atoms with van der Waals surface area (Å²) in [6.07, 6.45) is 5.14. The number of hydrogen-bond acceptors (Lipinski definition) is 4. The molecule has 23 heavy (non-hydrogen) atoms. The molecular formula is C16H35NO4S2. The van der Waals surface area contributed by atoms with Crippen molar-refractivity contribution >= 4 is 21.2 Å². The average Bonchev–Trinajstić information content (AvgIpc) is 2.41. The highest BCUT2D eigenvalue weighted by Crippen LogP contribution is 2.40. The van der Waals surface area contributed by atoms with Crippen LogP contribution in [0.15, 0.2) is 0 Å². The zero-order valence-corrected chi connectivity index (χ0v) is 17.6. The Kier molecular flexibility index (Phi) is 9.11. The topological polar surface area (TPSA) is 78.5 Å². The lowest BCUT2D eigenvalue weighted by atomic mass is 9.73. The minimum Gasteiger partial charge on any atom is -0.616 e. The zero-order chi connectivity index (χ0) is 18.5. The predicted octanol–water partition coefficient (Wildman–Crippen LogP) is 2.68. The van der Waals surface area contributed by atoms with Crippen LogP contribution in [0.5, 0.6) is 0 Å². The van der Waals surface area contributed by atoms with Crippen molar-refractivity contribution in [2.75, 3.05) is 19.1 Å². The van der Waals surface area contributed by atoms with E-state index >= 15 is 0 Å². The average molecular weight is 370 g/mol. The maximum atomic E-state index is 12.2. The minimum atomic E-state index is -3.35. The summed E-state index contributed by atoms with van der Waals surface area (Å²) in [5, 5.41) is 0. The smallest absolute Gasteiger partial charge is 0.209 e. The van der Waals surface area contributed by atoms with E-state index in [1.165, 1.54) is 6.26 Å². The van der Waals surface area contributed by atoms with E-state index in [2.05, 4.69) is 11.6 Å². The third-order valence-corrected chi connectivity index (χ3v) is 7.35. The van der Waals surface area contributed by atoms with Gasteiger partial charge in [0.15, 0.2) is 0 Å². The highest BCUT2D eigenvalue weighted by molar-refractivity contribution is 7.92. The van der Waals surface area contributed by atoms with Crippen LogP contribution in [-0.2, 0) is 25.9 Å². The van der Waals surface area contributed by atoms with Crippen molar-refractivity contribution in [3.05, 3.63) is 0 Å². The minimum absolute atomic E-state index is 0.0258. The molecular weight excluding hydrogens is 334 g/mol. The van der Waals surface area contributed by atoms with Gasteiger partial charge in [-0.3, -0.25) is 0 Å². The van der Waals surface area contributed by atoms with Crippen molar-refractivity contribution in [3.8, 4) is 0 Å². The van der Waals surface area contributed by atoms with Crippen molar-refractivity contribution in [2.45, 2.75) is 77.7 Å². The second-order valence-corrected chi connectivity index (χ2v) is 10.9. The zero-order valence-electron chi connectivity index (χ0n) is 15.9. The molecule has 0 heterocycles. The van der Waals surface area contributed by atoms with Gasteiger partial charge in [0.2, 0.25) is 10.0 Å². The molecule has 0 bridgehead atoms. The molecule has 0 aliphatic carbocycles. The van der Waals surface area contributed by atoms with E-state index in [1.54, 1.807) is 6.26 Å². The molecule has 0 aliphatic rings. The Labute approximate surface area is 146 Å². The van der Waals surface area contributed by atoms with Crippen molar-refractivity contribution in [2.24, 2.45) is 5.41 Å². The van der Waals surface area contributed by atoms with Gasteiger partial charge in [-0.1, -0.05) is 31.9 Å². The van der Waals surface area contributed by atoms with Crippen molar-refractivity contribution < 1.29 is 17.7 Å². The van der Waals surface area contributed by atoms with Gasteiger partial charge < -0.3 is 9.29 Å². The maximum Gasteiger partial charge on any atom is 0.209 e. The van der Waals surface area contributed by atoms with Gasteiger partial charge in [0.05, 0.1) is 31.3 Å². The summed E-state index contributed by atoms with van der Waals surface area (Å²) in [6.45, 7) is 12.3. The molecule has 0 aromatic rings. The fourth-order valence-electron chi connectivity index (χ4n) is 2.70. The van der Waals surface area contributed by atoms with Crippen molar-refractivity contribution in [3.63, 3.8) is 0 Å². The van der Waals surface area contributed by atoms with E-state index in [4.69, 9.17) is 4.74 Å². The van der Waals surface area contributed by atoms with Gasteiger partial charge in [0.1, 0.15) is 4.75 Å². The molecule has 0 fully saturated rings. The van der Waals surface area contributed by atoms with E-state index in [9.17, 15) is 13.0 Å². The Bertz CT molecular complexity index is 453. The highest BCUT2D eigenvalue weighted by atomic mass is 32.2. The summed E-state index contributed by atoms with van der Waals surface area (Å²) in [6, 6.07) is -0.348. The summed E-state index contributed by atoms with van der Waals surface area (Å²) in [4.78, 5) is 0. The predicted molar refractivity (Wildman–Crippen MR) is 98.6 cm³/mol. The number of rotatable bonds is 11. The molecule has 0 aliphatic heterocycles. The molecule has 0 rings (SSSR count). The lowest BCUT2D eigenvalue weighted by Gasteiger charge is -2.43. The van der Waals surface area contributed by atoms with Gasteiger partial charge in [-0.2, -0.15) is 0 Å². The molecule has 7 heteroatoms. The summed E-state index contributed by atoms with van der Waals surface area (Å²) >= 11 is -0.987. The van der Waals surface area contributed by atoms with E-state index in [-0.39, 0.29) is 22.3 Å². The largest absolute Gasteiger partial charge is 0.616 e. The molecule has 0 saturated heterocycles. The van der Waals surface area contributed by atoms with Crippen LogP contribution in [0.2, 0.25) is 0 Å². The first-order chi connectivity index (χ1) is 10.3. The molecule has 5 nitrogen and oxygen atoms in total. The lowest BCUT2D eigenvalue weighted by molar-refractivity contribution is 0.0273. The van der Waals surface area contributed by atoms with E-state index in [1.807, 2.05) is 34.6 Å². The molecule has 140 valence electrons. The summed E-state index contributed by atoms with van der Waals surface area (Å²) in [7, 11) is -3.35. The lowest BCUT2D eigenvalue weighted by Crippen LogP contribution is -2.53. The summed E-state index contributed by atoms with van der Waals surface area (Å²) < 4.78 is 43.9. The van der Waals surface area contributed by atoms with Crippen LogP contribution < -0.4 is 4.72 Å². The molecule has 0 saturated carbocycles. The van der Waals surface area contributed by atoms with Crippen LogP contribution in [0, 0.1) is 5.41 Å². The molecule has 1 N–H and O–H groups in total. The van der Waals surface area contributed by atoms with Gasteiger partial charge in [-0.15, -0.1) is 0 Å². The molecule has 0 aromatic heterocycles. The molecule has 0 radical (unpaired) electrons. The van der Waals surface area contributed by atoms with Crippen LogP contribution in [0.3, 0.4) is 0 Å². The Hall–Kier alpha value is 0.180. The van der Waals surface area contributed by atoms with Gasteiger partial charge in [-0.05, 0) is 39.0 Å². The standard InChI is InChI=1S/C16H35NO4S2/c1-9-15(5,12-16(6,10-2)22(7)18)14(11-21-13(3)4)17-23(8,19)20/h13-14,17H,9-12H2,1-8H3. The Morgan fingerprint density at radius 2 is 1.74 bits per heavy atom. The van der Waals surface area contributed by atoms with E-state index in [0.29, 0.717) is 13.0 Å². The number of ether oxygens (including phenoxy) is 1. The van der Waals surface area contributed by atoms with Crippen molar-refractivity contribution in [1.29, 1.82) is 0 Å². The number of hydrogen-bond donors (Lipinski definition) is 1. The van der Waals surface area contributed by atoms with Gasteiger partial charge in [0.25, 0.3) is 0 Å². The normalized spacial score (nSPS) is 20.8. The van der Waals surface area contributed by atoms with Crippen LogP contribution in [0.4, 0.5) is 0 Å². The second-order valence-electron chi connectivity index (χ2n) is 7.27. The molecule has 0 aromatic carbocycles. The third-order valence-electron chi connectivity index (χ3n) is 4.82. The highest BCUT2D eigenvalue weighted by Gasteiger charge is 2.44. The third kappa shape index (κ3) is 7.73. The molecule has 4 atom stereocenters. The maximum absolute atomic E-state index is 12.2. The summed E-state index contributed by atoms with van der Waals surface area (Å²) in [5.41, 5.74) is -0.339. The molecule has 0 spiro atoms. The molecule has 0 amide bonds. The fourth-order valence-corrected chi connectivity index (χ4v) is 4.51. The second kappa shape index (κ2) is 9.04. The van der Waals surface area contributed by atoms with Gasteiger partial charge in [0, 0.05) is 6.42 Å². The molecule has 4 unspecified atom stereocenters. The Morgan fingerprint density at radius 3 is 2.04 bits per heavy atom. The van der Waals surface area contributed by atoms with Crippen LogP contribution in [0.1, 0.15) is 60.8 Å². The van der Waals surface area contributed by atoms with E-state index in [0.717, 1.165) is 12.8 Å². The Morgan fingerprint density at radius 1 is 1.22 bits per heavy atom. The SMILES string of the molecule is CCC(C)(CC(C)(CC)[S+](C)[O-])C(COC(C)C)NS(C)(=O)=O. The first kappa shape index (κ1) is 23.2. The van der Waals surface area contributed by atoms with Gasteiger partial charge in [-0.25, -0.2) is 13.1 Å². The van der Waals surface area contributed by atoms with Crippen LogP contribution in [0.25, 0.3) is 0 Å². The summed E-state index contributed by atoms with van der Waals surface area (Å²) in [5.74, 6) is 0. The number of nitrogens with one attached hydrogen (secondary N) is 1. The first-order valence-corrected chi connectivity index (χ1v) is 11.7. The van der Waals surface area contributed by atoms with Gasteiger partial charge >= 0.3 is 0 Å². The fraction of sp³-hybridized carbons (Fsp3) is 1.00. The Balaban J connectivity index is 5.53.